The number of hydrogen-bond donors (Lipinski definition) is 1. The van der Waals surface area contributed by atoms with Gasteiger partial charge >= 0.3 is 0 Å². The van der Waals surface area contributed by atoms with Gasteiger partial charge in [0.25, 0.3) is 0 Å². The average Bonchev–Trinajstić information content (AvgIpc) is 2.44. The minimum absolute atomic E-state index is 0.317. The average molecular weight is 272 g/mol. The molecule has 0 spiro atoms. The maximum absolute atomic E-state index is 5.52. The summed E-state index contributed by atoms with van der Waals surface area (Å²) in [7, 11) is 3.61. The summed E-state index contributed by atoms with van der Waals surface area (Å²) in [6.07, 6.45) is 3.60. The van der Waals surface area contributed by atoms with E-state index in [-0.39, 0.29) is 0 Å². The van der Waals surface area contributed by atoms with Gasteiger partial charge in [-0.15, -0.1) is 0 Å². The Labute approximate surface area is 118 Å². The summed E-state index contributed by atoms with van der Waals surface area (Å²) in [5, 5.41) is 3.46. The Morgan fingerprint density at radius 1 is 1.21 bits per heavy atom. The van der Waals surface area contributed by atoms with Crippen molar-refractivity contribution in [2.75, 3.05) is 53.6 Å². The Bertz CT molecular complexity index is 225. The molecule has 1 rings (SSSR count). The fourth-order valence-electron chi connectivity index (χ4n) is 2.96. The van der Waals surface area contributed by atoms with Crippen LogP contribution >= 0.6 is 0 Å². The maximum atomic E-state index is 5.52. The molecule has 0 saturated carbocycles. The molecule has 0 aromatic rings. The van der Waals surface area contributed by atoms with E-state index < -0.39 is 0 Å². The van der Waals surface area contributed by atoms with Crippen molar-refractivity contribution in [2.45, 2.75) is 39.2 Å². The highest BCUT2D eigenvalue weighted by molar-refractivity contribution is 4.88. The van der Waals surface area contributed by atoms with E-state index in [1.165, 1.54) is 19.3 Å². The van der Waals surface area contributed by atoms with Gasteiger partial charge in [-0.3, -0.25) is 4.90 Å². The van der Waals surface area contributed by atoms with Crippen LogP contribution < -0.4 is 5.32 Å². The molecule has 0 amide bonds. The van der Waals surface area contributed by atoms with Crippen molar-refractivity contribution in [2.24, 2.45) is 5.41 Å². The predicted molar refractivity (Wildman–Crippen MR) is 79.6 cm³/mol. The molecule has 4 heteroatoms. The molecule has 1 fully saturated rings. The minimum Gasteiger partial charge on any atom is -0.384 e. The van der Waals surface area contributed by atoms with Crippen molar-refractivity contribution in [3.05, 3.63) is 0 Å². The minimum atomic E-state index is 0.317. The summed E-state index contributed by atoms with van der Waals surface area (Å²) in [5.74, 6) is 0. The van der Waals surface area contributed by atoms with E-state index in [0.29, 0.717) is 11.5 Å². The summed E-state index contributed by atoms with van der Waals surface area (Å²) in [5.41, 5.74) is 0.317. The van der Waals surface area contributed by atoms with E-state index in [0.717, 1.165) is 39.4 Å². The van der Waals surface area contributed by atoms with Gasteiger partial charge in [0.15, 0.2) is 0 Å². The van der Waals surface area contributed by atoms with Crippen LogP contribution in [0.2, 0.25) is 0 Å². The second-order valence-electron chi connectivity index (χ2n) is 5.90. The Kier molecular flexibility index (Phi) is 7.91. The van der Waals surface area contributed by atoms with Gasteiger partial charge in [-0.25, -0.2) is 0 Å². The normalized spacial score (nSPS) is 20.7. The number of ether oxygens (including phenoxy) is 2. The Morgan fingerprint density at radius 3 is 2.42 bits per heavy atom. The van der Waals surface area contributed by atoms with E-state index in [4.69, 9.17) is 9.47 Å². The van der Waals surface area contributed by atoms with Crippen LogP contribution in [0.4, 0.5) is 0 Å². The molecule has 1 atom stereocenters. The summed E-state index contributed by atoms with van der Waals surface area (Å²) >= 11 is 0. The van der Waals surface area contributed by atoms with Crippen molar-refractivity contribution in [1.82, 2.24) is 10.2 Å². The lowest BCUT2D eigenvalue weighted by molar-refractivity contribution is 0.00461. The number of nitrogens with one attached hydrogen (secondary N) is 1. The predicted octanol–water partition coefficient (Wildman–Crippen LogP) is 1.75. The van der Waals surface area contributed by atoms with Crippen LogP contribution in [0, 0.1) is 5.41 Å². The third-order valence-corrected chi connectivity index (χ3v) is 4.45. The van der Waals surface area contributed by atoms with Gasteiger partial charge in [-0.05, 0) is 39.3 Å². The molecule has 4 nitrogen and oxygen atoms in total. The van der Waals surface area contributed by atoms with Gasteiger partial charge in [-0.1, -0.05) is 6.92 Å². The highest BCUT2D eigenvalue weighted by Crippen LogP contribution is 2.31. The Balaban J connectivity index is 2.65. The Hall–Kier alpha value is -0.160. The molecular weight excluding hydrogens is 240 g/mol. The van der Waals surface area contributed by atoms with E-state index in [9.17, 15) is 0 Å². The summed E-state index contributed by atoms with van der Waals surface area (Å²) in [6, 6.07) is 0.610. The molecule has 1 saturated heterocycles. The zero-order valence-corrected chi connectivity index (χ0v) is 13.2. The number of hydrogen-bond acceptors (Lipinski definition) is 4. The van der Waals surface area contributed by atoms with Gasteiger partial charge in [0.05, 0.1) is 13.2 Å². The molecule has 0 aliphatic carbocycles. The highest BCUT2D eigenvalue weighted by Gasteiger charge is 2.34. The van der Waals surface area contributed by atoms with Gasteiger partial charge < -0.3 is 14.8 Å². The van der Waals surface area contributed by atoms with Crippen LogP contribution in [0.15, 0.2) is 0 Å². The summed E-state index contributed by atoms with van der Waals surface area (Å²) in [6.45, 7) is 10.6. The first-order chi connectivity index (χ1) is 9.17. The summed E-state index contributed by atoms with van der Waals surface area (Å²) in [4.78, 5) is 2.58. The van der Waals surface area contributed by atoms with E-state index in [2.05, 4.69) is 24.1 Å². The lowest BCUT2D eigenvalue weighted by atomic mass is 9.78. The van der Waals surface area contributed by atoms with Crippen LogP contribution in [-0.4, -0.2) is 64.6 Å². The number of rotatable bonds is 9. The number of piperidine rings is 1. The van der Waals surface area contributed by atoms with E-state index >= 15 is 0 Å². The zero-order valence-electron chi connectivity index (χ0n) is 13.2. The summed E-state index contributed by atoms with van der Waals surface area (Å²) < 4.78 is 10.8. The quantitative estimate of drug-likeness (QED) is 0.693. The molecule has 1 N–H and O–H groups in total. The maximum Gasteiger partial charge on any atom is 0.0589 e. The first-order valence-corrected chi connectivity index (χ1v) is 7.60. The molecular formula is C15H32N2O2. The lowest BCUT2D eigenvalue weighted by Crippen LogP contribution is -2.50. The van der Waals surface area contributed by atoms with Crippen molar-refractivity contribution in [1.29, 1.82) is 0 Å². The van der Waals surface area contributed by atoms with Gasteiger partial charge in [0.2, 0.25) is 0 Å². The van der Waals surface area contributed by atoms with Crippen LogP contribution in [0.25, 0.3) is 0 Å². The van der Waals surface area contributed by atoms with E-state index in [1.807, 2.05) is 7.11 Å². The largest absolute Gasteiger partial charge is 0.384 e. The molecule has 0 bridgehead atoms. The molecule has 19 heavy (non-hydrogen) atoms. The van der Waals surface area contributed by atoms with E-state index in [1.54, 1.807) is 7.11 Å². The SMILES string of the molecule is CCC(C)N(CCOC)CC1(COC)CCNCC1. The Morgan fingerprint density at radius 2 is 1.89 bits per heavy atom. The molecule has 1 unspecified atom stereocenters. The fourth-order valence-corrected chi connectivity index (χ4v) is 2.96. The highest BCUT2D eigenvalue weighted by atomic mass is 16.5. The number of methoxy groups -OCH3 is 2. The molecule has 1 heterocycles. The second-order valence-corrected chi connectivity index (χ2v) is 5.90. The molecule has 114 valence electrons. The standard InChI is InChI=1S/C15H32N2O2/c1-5-14(2)17(10-11-18-3)12-15(13-19-4)6-8-16-9-7-15/h14,16H,5-13H2,1-4H3. The van der Waals surface area contributed by atoms with Crippen molar-refractivity contribution in [3.63, 3.8) is 0 Å². The van der Waals surface area contributed by atoms with Crippen molar-refractivity contribution >= 4 is 0 Å². The fraction of sp³-hybridized carbons (Fsp3) is 1.00. The van der Waals surface area contributed by atoms with Gasteiger partial charge in [0, 0.05) is 38.8 Å². The van der Waals surface area contributed by atoms with Crippen LogP contribution in [0.3, 0.4) is 0 Å². The van der Waals surface area contributed by atoms with Crippen LogP contribution in [0.5, 0.6) is 0 Å². The molecule has 0 aromatic carbocycles. The monoisotopic (exact) mass is 272 g/mol. The lowest BCUT2D eigenvalue weighted by Gasteiger charge is -2.42. The van der Waals surface area contributed by atoms with Gasteiger partial charge in [0.1, 0.15) is 0 Å². The molecule has 0 radical (unpaired) electrons. The van der Waals surface area contributed by atoms with Crippen LogP contribution in [-0.2, 0) is 9.47 Å². The van der Waals surface area contributed by atoms with Crippen molar-refractivity contribution < 1.29 is 9.47 Å². The smallest absolute Gasteiger partial charge is 0.0589 e. The molecule has 1 aliphatic rings. The topological polar surface area (TPSA) is 33.7 Å². The second kappa shape index (κ2) is 8.90. The third-order valence-electron chi connectivity index (χ3n) is 4.45. The molecule has 0 aromatic heterocycles. The van der Waals surface area contributed by atoms with Gasteiger partial charge in [-0.2, -0.15) is 0 Å². The van der Waals surface area contributed by atoms with Crippen molar-refractivity contribution in [3.8, 4) is 0 Å². The first-order valence-electron chi connectivity index (χ1n) is 7.60. The van der Waals surface area contributed by atoms with Crippen LogP contribution in [0.1, 0.15) is 33.1 Å². The third kappa shape index (κ3) is 5.38. The first kappa shape index (κ1) is 16.9. The molecule has 1 aliphatic heterocycles. The zero-order chi connectivity index (χ0) is 14.1. The number of nitrogens with zero attached hydrogens (tertiary/aromatic N) is 1.